The van der Waals surface area contributed by atoms with E-state index in [-0.39, 0.29) is 5.48 Å². The van der Waals surface area contributed by atoms with Gasteiger partial charge >= 0.3 is 0 Å². The first-order valence-corrected chi connectivity index (χ1v) is 15.2. The molecule has 10 heteroatoms. The van der Waals surface area contributed by atoms with E-state index >= 15 is 0 Å². The Morgan fingerprint density at radius 3 is 2.19 bits per heavy atom. The number of piperidine rings is 1. The minimum absolute atomic E-state index is 0. The van der Waals surface area contributed by atoms with Crippen LogP contribution in [0.3, 0.4) is 0 Å². The summed E-state index contributed by atoms with van der Waals surface area (Å²) < 4.78 is 28.1. The standard InChI is InChI=1S/C10H21N3.C9H12O2S.C7H15NOS.H2O/c1-12-6-2-10(3-7-12)13-8-4-11-5-9-13;1-6-4-8(3)9(12(10)11)5-7(6)2;9-10-6-2-4-7-3-1-5-8-7;/h10-11H,2-9H2,1H3;4-5H,1-3H3,(H,10,11);7-9H,1-6H2;1H2/t;;7-;/m..0./s1. The number of nitrogens with zero attached hydrogens (tertiary/aromatic N) is 2. The molecule has 4 rings (SSSR count). The molecular weight excluding hydrogens is 496 g/mol. The van der Waals surface area contributed by atoms with Crippen molar-refractivity contribution in [1.29, 1.82) is 0 Å². The first-order chi connectivity index (χ1) is 16.8. The van der Waals surface area contributed by atoms with Crippen LogP contribution in [0.5, 0.6) is 0 Å². The van der Waals surface area contributed by atoms with Gasteiger partial charge in [-0.2, -0.15) is 0 Å². The van der Waals surface area contributed by atoms with E-state index in [0.717, 1.165) is 53.0 Å². The lowest BCUT2D eigenvalue weighted by molar-refractivity contribution is 0.109. The number of rotatable bonds is 6. The second kappa shape index (κ2) is 18.7. The lowest BCUT2D eigenvalue weighted by Gasteiger charge is -2.39. The molecule has 0 bridgehead atoms. The number of nitrogens with one attached hydrogen (secondary N) is 2. The van der Waals surface area contributed by atoms with Crippen LogP contribution >= 0.6 is 12.0 Å². The zero-order chi connectivity index (χ0) is 25.6. The molecule has 3 aliphatic heterocycles. The summed E-state index contributed by atoms with van der Waals surface area (Å²) in [6, 6.07) is 5.31. The lowest BCUT2D eigenvalue weighted by Crippen LogP contribution is -2.51. The van der Waals surface area contributed by atoms with Crippen molar-refractivity contribution in [2.24, 2.45) is 0 Å². The summed E-state index contributed by atoms with van der Waals surface area (Å²) in [5.41, 5.74) is 3.08. The van der Waals surface area contributed by atoms with Crippen molar-refractivity contribution in [2.75, 3.05) is 58.6 Å². The van der Waals surface area contributed by atoms with E-state index in [1.165, 1.54) is 77.9 Å². The molecule has 0 radical (unpaired) electrons. The van der Waals surface area contributed by atoms with Gasteiger partial charge in [0, 0.05) is 44.0 Å². The fraction of sp³-hybridized carbons (Fsp3) is 0.769. The fourth-order valence-electron chi connectivity index (χ4n) is 4.93. The summed E-state index contributed by atoms with van der Waals surface area (Å²) in [7, 11) is 2.23. The molecule has 1 unspecified atom stereocenters. The Balaban J connectivity index is 0.000000269. The molecule has 2 atom stereocenters. The molecular formula is C26H50N4O4S2. The predicted molar refractivity (Wildman–Crippen MR) is 154 cm³/mol. The van der Waals surface area contributed by atoms with Gasteiger partial charge in [0.2, 0.25) is 0 Å². The molecule has 0 aromatic heterocycles. The van der Waals surface area contributed by atoms with Gasteiger partial charge in [0.05, 0.1) is 4.90 Å². The molecule has 3 heterocycles. The van der Waals surface area contributed by atoms with Crippen LogP contribution in [-0.4, -0.2) is 99.3 Å². The highest BCUT2D eigenvalue weighted by molar-refractivity contribution is 7.93. The largest absolute Gasteiger partial charge is 0.412 e. The van der Waals surface area contributed by atoms with Crippen LogP contribution in [-0.2, 0) is 11.1 Å². The van der Waals surface area contributed by atoms with Crippen molar-refractivity contribution in [3.05, 3.63) is 28.8 Å². The van der Waals surface area contributed by atoms with E-state index in [2.05, 4.69) is 27.5 Å². The lowest BCUT2D eigenvalue weighted by atomic mass is 10.0. The molecule has 1 aromatic rings. The number of hydrogen-bond donors (Lipinski definition) is 4. The average Bonchev–Trinajstić information content (AvgIpc) is 3.37. The van der Waals surface area contributed by atoms with Crippen LogP contribution in [0.4, 0.5) is 0 Å². The van der Waals surface area contributed by atoms with Crippen molar-refractivity contribution in [3.8, 4) is 0 Å². The third-order valence-electron chi connectivity index (χ3n) is 7.29. The summed E-state index contributed by atoms with van der Waals surface area (Å²) in [5.74, 6) is 0.887. The Morgan fingerprint density at radius 1 is 1.00 bits per heavy atom. The van der Waals surface area contributed by atoms with Crippen LogP contribution in [0, 0.1) is 20.8 Å². The Bertz CT molecular complexity index is 752. The maximum Gasteiger partial charge on any atom is 0.186 e. The maximum absolute atomic E-state index is 10.8. The molecule has 0 amide bonds. The normalized spacial score (nSPS) is 22.0. The van der Waals surface area contributed by atoms with Crippen molar-refractivity contribution in [3.63, 3.8) is 0 Å². The summed E-state index contributed by atoms with van der Waals surface area (Å²) in [4.78, 5) is 5.63. The van der Waals surface area contributed by atoms with E-state index in [9.17, 15) is 4.21 Å². The molecule has 0 spiro atoms. The van der Waals surface area contributed by atoms with Crippen molar-refractivity contribution >= 4 is 23.1 Å². The molecule has 8 nitrogen and oxygen atoms in total. The quantitative estimate of drug-likeness (QED) is 0.244. The van der Waals surface area contributed by atoms with Crippen molar-refractivity contribution in [1.82, 2.24) is 20.4 Å². The highest BCUT2D eigenvalue weighted by Gasteiger charge is 2.23. The van der Waals surface area contributed by atoms with Crippen LogP contribution in [0.25, 0.3) is 0 Å². The summed E-state index contributed by atoms with van der Waals surface area (Å²) in [6.07, 6.45) is 7.77. The molecule has 0 saturated carbocycles. The molecule has 3 fully saturated rings. The van der Waals surface area contributed by atoms with Crippen LogP contribution in [0.2, 0.25) is 0 Å². The number of aryl methyl sites for hydroxylation is 3. The highest BCUT2D eigenvalue weighted by Crippen LogP contribution is 2.18. The minimum Gasteiger partial charge on any atom is -0.412 e. The van der Waals surface area contributed by atoms with E-state index in [1.807, 2.05) is 26.8 Å². The summed E-state index contributed by atoms with van der Waals surface area (Å²) in [5, 5.41) is 6.84. The number of likely N-dealkylation sites (tertiary alicyclic amines) is 1. The molecule has 36 heavy (non-hydrogen) atoms. The second-order valence-corrected chi connectivity index (χ2v) is 11.6. The van der Waals surface area contributed by atoms with Gasteiger partial charge in [-0.05, 0) is 121 Å². The van der Waals surface area contributed by atoms with Gasteiger partial charge in [-0.1, -0.05) is 6.07 Å². The average molecular weight is 547 g/mol. The zero-order valence-electron chi connectivity index (χ0n) is 22.7. The van der Waals surface area contributed by atoms with Crippen LogP contribution < -0.4 is 10.6 Å². The smallest absolute Gasteiger partial charge is 0.186 e. The first-order valence-electron chi connectivity index (χ1n) is 13.1. The van der Waals surface area contributed by atoms with Gasteiger partial charge in [0.25, 0.3) is 0 Å². The Hall–Kier alpha value is -0.560. The second-order valence-electron chi connectivity index (χ2n) is 10.0. The topological polar surface area (TPSA) is 120 Å². The van der Waals surface area contributed by atoms with Crippen LogP contribution in [0.1, 0.15) is 55.2 Å². The monoisotopic (exact) mass is 546 g/mol. The molecule has 210 valence electrons. The van der Waals surface area contributed by atoms with E-state index < -0.39 is 11.1 Å². The Morgan fingerprint density at radius 2 is 1.64 bits per heavy atom. The molecule has 0 aliphatic carbocycles. The van der Waals surface area contributed by atoms with E-state index in [0.29, 0.717) is 4.90 Å². The zero-order valence-corrected chi connectivity index (χ0v) is 24.4. The molecule has 1 aromatic carbocycles. The molecule has 3 saturated heterocycles. The Labute approximate surface area is 225 Å². The van der Waals surface area contributed by atoms with Crippen molar-refractivity contribution in [2.45, 2.75) is 76.3 Å². The Kier molecular flexibility index (Phi) is 17.3. The van der Waals surface area contributed by atoms with Gasteiger partial charge in [-0.15, -0.1) is 0 Å². The van der Waals surface area contributed by atoms with Crippen LogP contribution in [0.15, 0.2) is 17.0 Å². The van der Waals surface area contributed by atoms with Gasteiger partial charge < -0.3 is 30.1 Å². The molecule has 3 aliphatic rings. The summed E-state index contributed by atoms with van der Waals surface area (Å²) in [6.45, 7) is 14.4. The number of hydrogen-bond acceptors (Lipinski definition) is 7. The SMILES string of the molecule is CN1CCC(N2CCNCC2)CC1.Cc1cc(C)c(S(=O)O)cc1C.O.OSCCC[C@@H]1CCCN1. The number of benzene rings is 1. The van der Waals surface area contributed by atoms with Crippen molar-refractivity contribution < 1.29 is 18.8 Å². The van der Waals surface area contributed by atoms with E-state index in [1.54, 1.807) is 6.07 Å². The fourth-order valence-corrected chi connectivity index (χ4v) is 5.83. The third kappa shape index (κ3) is 12.3. The van der Waals surface area contributed by atoms with Gasteiger partial charge in [0.15, 0.2) is 11.1 Å². The van der Waals surface area contributed by atoms with E-state index in [4.69, 9.17) is 9.11 Å². The van der Waals surface area contributed by atoms with Gasteiger partial charge in [-0.3, -0.25) is 4.90 Å². The highest BCUT2D eigenvalue weighted by atomic mass is 32.2. The summed E-state index contributed by atoms with van der Waals surface area (Å²) >= 11 is -0.902. The minimum atomic E-state index is -1.86. The predicted octanol–water partition coefficient (Wildman–Crippen LogP) is 3.08. The van der Waals surface area contributed by atoms with Gasteiger partial charge in [-0.25, -0.2) is 4.21 Å². The molecule has 6 N–H and O–H groups in total. The first kappa shape index (κ1) is 33.5. The third-order valence-corrected chi connectivity index (χ3v) is 8.57. The number of piperazine rings is 1. The van der Waals surface area contributed by atoms with Gasteiger partial charge in [0.1, 0.15) is 0 Å². The maximum atomic E-state index is 10.8.